The maximum Gasteiger partial charge on any atom is 0.328 e. The first kappa shape index (κ1) is 18.6. The molecule has 0 aromatic heterocycles. The first-order valence-corrected chi connectivity index (χ1v) is 8.44. The molecule has 0 unspecified atom stereocenters. The Bertz CT molecular complexity index is 531. The van der Waals surface area contributed by atoms with Crippen LogP contribution < -0.4 is 5.32 Å². The molecule has 5 heteroatoms. The Morgan fingerprint density at radius 3 is 2.59 bits per heavy atom. The highest BCUT2D eigenvalue weighted by molar-refractivity contribution is 8.00. The Kier molecular flexibility index (Phi) is 7.45. The van der Waals surface area contributed by atoms with Crippen LogP contribution >= 0.6 is 11.8 Å². The van der Waals surface area contributed by atoms with E-state index in [-0.39, 0.29) is 23.5 Å². The number of hydrogen-bond acceptors (Lipinski definition) is 4. The standard InChI is InChI=1S/C17H25NO3S/c1-6-12(3)16(17(20)21-5)18-15(19)10-22-14-9-11(2)7-8-13(14)4/h7-9,12,16H,6,10H2,1-5H3,(H,18,19)/t12-,16+/m1/s1. The average molecular weight is 323 g/mol. The number of benzene rings is 1. The lowest BCUT2D eigenvalue weighted by molar-refractivity contribution is -0.146. The zero-order chi connectivity index (χ0) is 16.7. The van der Waals surface area contributed by atoms with Gasteiger partial charge >= 0.3 is 5.97 Å². The van der Waals surface area contributed by atoms with E-state index in [1.807, 2.05) is 33.8 Å². The zero-order valence-electron chi connectivity index (χ0n) is 13.9. The van der Waals surface area contributed by atoms with E-state index < -0.39 is 6.04 Å². The molecule has 0 heterocycles. The predicted octanol–water partition coefficient (Wildman–Crippen LogP) is 3.10. The molecule has 0 saturated heterocycles. The number of aryl methyl sites for hydroxylation is 2. The molecule has 1 rings (SSSR count). The minimum Gasteiger partial charge on any atom is -0.467 e. The van der Waals surface area contributed by atoms with Crippen LogP contribution in [0.2, 0.25) is 0 Å². The van der Waals surface area contributed by atoms with Crippen LogP contribution in [0.5, 0.6) is 0 Å². The van der Waals surface area contributed by atoms with E-state index in [4.69, 9.17) is 4.74 Å². The van der Waals surface area contributed by atoms with E-state index in [0.29, 0.717) is 0 Å². The number of carbonyl (C=O) groups is 2. The van der Waals surface area contributed by atoms with Crippen molar-refractivity contribution < 1.29 is 14.3 Å². The molecule has 0 aliphatic carbocycles. The van der Waals surface area contributed by atoms with Gasteiger partial charge in [-0.1, -0.05) is 38.0 Å². The Hall–Kier alpha value is -1.49. The van der Waals surface area contributed by atoms with Crippen molar-refractivity contribution in [3.8, 4) is 0 Å². The molecule has 1 aromatic carbocycles. The van der Waals surface area contributed by atoms with Crippen molar-refractivity contribution in [1.29, 1.82) is 0 Å². The third-order valence-electron chi connectivity index (χ3n) is 3.69. The number of nitrogens with one attached hydrogen (secondary N) is 1. The normalized spacial score (nSPS) is 13.3. The molecule has 122 valence electrons. The van der Waals surface area contributed by atoms with Gasteiger partial charge in [-0.05, 0) is 31.4 Å². The Morgan fingerprint density at radius 1 is 1.32 bits per heavy atom. The number of hydrogen-bond donors (Lipinski definition) is 1. The smallest absolute Gasteiger partial charge is 0.328 e. The monoisotopic (exact) mass is 323 g/mol. The van der Waals surface area contributed by atoms with E-state index in [0.717, 1.165) is 16.9 Å². The molecular formula is C17H25NO3S. The molecule has 1 amide bonds. The summed E-state index contributed by atoms with van der Waals surface area (Å²) in [5, 5.41) is 2.79. The SMILES string of the molecule is CC[C@@H](C)[C@H](NC(=O)CSc1cc(C)ccc1C)C(=O)OC. The van der Waals surface area contributed by atoms with Crippen molar-refractivity contribution in [2.45, 2.75) is 45.1 Å². The Balaban J connectivity index is 2.64. The Labute approximate surface area is 137 Å². The van der Waals surface area contributed by atoms with Crippen molar-refractivity contribution >= 4 is 23.6 Å². The van der Waals surface area contributed by atoms with Crippen LogP contribution in [-0.2, 0) is 14.3 Å². The van der Waals surface area contributed by atoms with Crippen molar-refractivity contribution in [3.63, 3.8) is 0 Å². The summed E-state index contributed by atoms with van der Waals surface area (Å²) in [7, 11) is 1.34. The summed E-state index contributed by atoms with van der Waals surface area (Å²) in [6.07, 6.45) is 0.796. The number of carbonyl (C=O) groups excluding carboxylic acids is 2. The minimum absolute atomic E-state index is 0.0436. The molecule has 2 atom stereocenters. The lowest BCUT2D eigenvalue weighted by atomic mass is 9.99. The van der Waals surface area contributed by atoms with Crippen LogP contribution in [0.3, 0.4) is 0 Å². The van der Waals surface area contributed by atoms with Crippen molar-refractivity contribution in [2.24, 2.45) is 5.92 Å². The highest BCUT2D eigenvalue weighted by Gasteiger charge is 2.26. The zero-order valence-corrected chi connectivity index (χ0v) is 14.8. The van der Waals surface area contributed by atoms with Gasteiger partial charge in [0.1, 0.15) is 6.04 Å². The molecule has 0 bridgehead atoms. The summed E-state index contributed by atoms with van der Waals surface area (Å²) in [6.45, 7) is 7.97. The maximum absolute atomic E-state index is 12.1. The molecule has 1 N–H and O–H groups in total. The number of ether oxygens (including phenoxy) is 1. The number of thioether (sulfide) groups is 1. The fourth-order valence-corrected chi connectivity index (χ4v) is 2.95. The highest BCUT2D eigenvalue weighted by Crippen LogP contribution is 2.23. The van der Waals surface area contributed by atoms with Crippen molar-refractivity contribution in [2.75, 3.05) is 12.9 Å². The number of esters is 1. The van der Waals surface area contributed by atoms with Crippen molar-refractivity contribution in [3.05, 3.63) is 29.3 Å². The lowest BCUT2D eigenvalue weighted by Crippen LogP contribution is -2.46. The lowest BCUT2D eigenvalue weighted by Gasteiger charge is -2.21. The molecule has 1 aromatic rings. The summed E-state index contributed by atoms with van der Waals surface area (Å²) < 4.78 is 4.77. The van der Waals surface area contributed by atoms with Gasteiger partial charge < -0.3 is 10.1 Å². The third kappa shape index (κ3) is 5.37. The molecule has 0 spiro atoms. The van der Waals surface area contributed by atoms with E-state index >= 15 is 0 Å². The molecule has 4 nitrogen and oxygen atoms in total. The second-order valence-corrected chi connectivity index (χ2v) is 6.53. The van der Waals surface area contributed by atoms with Crippen LogP contribution in [-0.4, -0.2) is 30.8 Å². The second kappa shape index (κ2) is 8.83. The summed E-state index contributed by atoms with van der Waals surface area (Å²) in [6, 6.07) is 5.59. The topological polar surface area (TPSA) is 55.4 Å². The van der Waals surface area contributed by atoms with Gasteiger partial charge in [0, 0.05) is 4.90 Å². The van der Waals surface area contributed by atoms with E-state index in [2.05, 4.69) is 17.4 Å². The fourth-order valence-electron chi connectivity index (χ4n) is 2.02. The van der Waals surface area contributed by atoms with Gasteiger partial charge in [-0.2, -0.15) is 0 Å². The first-order chi connectivity index (χ1) is 10.4. The van der Waals surface area contributed by atoms with Crippen molar-refractivity contribution in [1.82, 2.24) is 5.32 Å². The average Bonchev–Trinajstić information content (AvgIpc) is 2.51. The maximum atomic E-state index is 12.1. The predicted molar refractivity (Wildman–Crippen MR) is 90.0 cm³/mol. The highest BCUT2D eigenvalue weighted by atomic mass is 32.2. The van der Waals surface area contributed by atoms with E-state index in [9.17, 15) is 9.59 Å². The minimum atomic E-state index is -0.582. The molecule has 22 heavy (non-hydrogen) atoms. The van der Waals surface area contributed by atoms with Gasteiger partial charge in [0.25, 0.3) is 0 Å². The summed E-state index contributed by atoms with van der Waals surface area (Å²) in [5.41, 5.74) is 2.32. The number of methoxy groups -OCH3 is 1. The van der Waals surface area contributed by atoms with Gasteiger partial charge in [0.15, 0.2) is 0 Å². The molecule has 0 radical (unpaired) electrons. The summed E-state index contributed by atoms with van der Waals surface area (Å²) >= 11 is 1.49. The van der Waals surface area contributed by atoms with E-state index in [1.165, 1.54) is 24.4 Å². The molecule has 0 saturated carbocycles. The van der Waals surface area contributed by atoms with Crippen LogP contribution in [0.1, 0.15) is 31.4 Å². The van der Waals surface area contributed by atoms with Gasteiger partial charge in [-0.25, -0.2) is 4.79 Å². The Morgan fingerprint density at radius 2 is 2.00 bits per heavy atom. The van der Waals surface area contributed by atoms with Gasteiger partial charge in [-0.3, -0.25) is 4.79 Å². The molecule has 0 aliphatic heterocycles. The summed E-state index contributed by atoms with van der Waals surface area (Å²) in [5.74, 6) is -0.211. The van der Waals surface area contributed by atoms with Gasteiger partial charge in [0.2, 0.25) is 5.91 Å². The molecular weight excluding hydrogens is 298 g/mol. The fraction of sp³-hybridized carbons (Fsp3) is 0.529. The van der Waals surface area contributed by atoms with Crippen LogP contribution in [0.4, 0.5) is 0 Å². The van der Waals surface area contributed by atoms with E-state index in [1.54, 1.807) is 0 Å². The quantitative estimate of drug-likeness (QED) is 0.619. The first-order valence-electron chi connectivity index (χ1n) is 7.46. The molecule has 0 aliphatic rings. The number of rotatable bonds is 7. The summed E-state index contributed by atoms with van der Waals surface area (Å²) in [4.78, 5) is 25.0. The third-order valence-corrected chi connectivity index (χ3v) is 4.84. The largest absolute Gasteiger partial charge is 0.467 e. The van der Waals surface area contributed by atoms with Crippen LogP contribution in [0, 0.1) is 19.8 Å². The second-order valence-electron chi connectivity index (χ2n) is 5.51. The number of amides is 1. The van der Waals surface area contributed by atoms with Crippen LogP contribution in [0.25, 0.3) is 0 Å². The van der Waals surface area contributed by atoms with Crippen LogP contribution in [0.15, 0.2) is 23.1 Å². The van der Waals surface area contributed by atoms with Gasteiger partial charge in [-0.15, -0.1) is 11.8 Å². The molecule has 0 fully saturated rings. The van der Waals surface area contributed by atoms with Gasteiger partial charge in [0.05, 0.1) is 12.9 Å².